The van der Waals surface area contributed by atoms with Gasteiger partial charge in [-0.25, -0.2) is 0 Å². The Morgan fingerprint density at radius 1 is 1.71 bits per heavy atom. The van der Waals surface area contributed by atoms with E-state index in [1.165, 1.54) is 17.7 Å². The molecule has 0 radical (unpaired) electrons. The molecule has 4 heteroatoms. The Kier molecular flexibility index (Phi) is 4.57. The maximum atomic E-state index is 11.9. The Morgan fingerprint density at radius 3 is 3.24 bits per heavy atom. The number of amides is 1. The van der Waals surface area contributed by atoms with Crippen LogP contribution in [0, 0.1) is 5.92 Å². The lowest BCUT2D eigenvalue weighted by atomic mass is 9.96. The number of nitrogens with one attached hydrogen (secondary N) is 2. The van der Waals surface area contributed by atoms with Gasteiger partial charge >= 0.3 is 0 Å². The van der Waals surface area contributed by atoms with E-state index in [-0.39, 0.29) is 11.9 Å². The highest BCUT2D eigenvalue weighted by Gasteiger charge is 2.18. The quantitative estimate of drug-likeness (QED) is 0.863. The first-order valence-electron chi connectivity index (χ1n) is 6.29. The highest BCUT2D eigenvalue weighted by Crippen LogP contribution is 2.19. The summed E-state index contributed by atoms with van der Waals surface area (Å²) in [6.45, 7) is 4.13. The molecular weight excluding hydrogens is 232 g/mol. The second-order valence-corrected chi connectivity index (χ2v) is 5.70. The van der Waals surface area contributed by atoms with E-state index in [1.54, 1.807) is 11.3 Å². The molecule has 1 unspecified atom stereocenters. The lowest BCUT2D eigenvalue weighted by molar-refractivity contribution is -0.122. The molecule has 2 N–H and O–H groups in total. The monoisotopic (exact) mass is 252 g/mol. The second kappa shape index (κ2) is 6.17. The topological polar surface area (TPSA) is 41.1 Å². The van der Waals surface area contributed by atoms with Crippen LogP contribution in [0.15, 0.2) is 17.5 Å². The molecule has 3 nitrogen and oxygen atoms in total. The summed E-state index contributed by atoms with van der Waals surface area (Å²) in [7, 11) is 0. The van der Waals surface area contributed by atoms with Crippen LogP contribution in [0.5, 0.6) is 0 Å². The van der Waals surface area contributed by atoms with Crippen molar-refractivity contribution in [3.8, 4) is 0 Å². The van der Waals surface area contributed by atoms with Crippen molar-refractivity contribution in [2.75, 3.05) is 13.1 Å². The maximum absolute atomic E-state index is 11.9. The molecule has 2 atom stereocenters. The minimum atomic E-state index is 0.138. The van der Waals surface area contributed by atoms with Crippen LogP contribution in [0.1, 0.15) is 37.1 Å². The lowest BCUT2D eigenvalue weighted by Gasteiger charge is -2.23. The largest absolute Gasteiger partial charge is 0.349 e. The zero-order valence-corrected chi connectivity index (χ0v) is 11.1. The first-order chi connectivity index (χ1) is 8.25. The highest BCUT2D eigenvalue weighted by atomic mass is 32.1. The summed E-state index contributed by atoms with van der Waals surface area (Å²) >= 11 is 1.69. The van der Waals surface area contributed by atoms with E-state index in [9.17, 15) is 4.79 Å². The third-order valence-corrected chi connectivity index (χ3v) is 4.28. The molecular formula is C13H20N2OS. The average Bonchev–Trinajstić information content (AvgIpc) is 2.83. The highest BCUT2D eigenvalue weighted by molar-refractivity contribution is 7.10. The summed E-state index contributed by atoms with van der Waals surface area (Å²) < 4.78 is 0. The Labute approximate surface area is 107 Å². The van der Waals surface area contributed by atoms with Crippen molar-refractivity contribution in [3.05, 3.63) is 22.4 Å². The zero-order chi connectivity index (χ0) is 12.1. The molecule has 0 bridgehead atoms. The van der Waals surface area contributed by atoms with Gasteiger partial charge in [0.15, 0.2) is 0 Å². The molecule has 1 fully saturated rings. The van der Waals surface area contributed by atoms with Gasteiger partial charge < -0.3 is 10.6 Å². The minimum Gasteiger partial charge on any atom is -0.349 e. The number of rotatable bonds is 4. The van der Waals surface area contributed by atoms with E-state index >= 15 is 0 Å². The van der Waals surface area contributed by atoms with Crippen LogP contribution in [-0.2, 0) is 4.79 Å². The number of carbonyl (C=O) groups is 1. The number of piperidine rings is 1. The molecule has 2 heterocycles. The van der Waals surface area contributed by atoms with Crippen LogP contribution in [0.3, 0.4) is 0 Å². The van der Waals surface area contributed by atoms with Crippen LogP contribution in [0.25, 0.3) is 0 Å². The molecule has 0 aliphatic carbocycles. The van der Waals surface area contributed by atoms with Crippen molar-refractivity contribution in [2.45, 2.75) is 32.2 Å². The van der Waals surface area contributed by atoms with Gasteiger partial charge in [0.25, 0.3) is 0 Å². The summed E-state index contributed by atoms with van der Waals surface area (Å²) in [5, 5.41) is 8.46. The zero-order valence-electron chi connectivity index (χ0n) is 10.2. The first kappa shape index (κ1) is 12.6. The predicted molar refractivity (Wildman–Crippen MR) is 71.1 cm³/mol. The molecule has 1 amide bonds. The summed E-state index contributed by atoms with van der Waals surface area (Å²) in [6, 6.07) is 4.23. The molecule has 94 valence electrons. The molecule has 1 saturated heterocycles. The number of thiophene rings is 1. The lowest BCUT2D eigenvalue weighted by Crippen LogP contribution is -2.34. The molecule has 0 aromatic carbocycles. The molecule has 0 saturated carbocycles. The number of hydrogen-bond donors (Lipinski definition) is 2. The third-order valence-electron chi connectivity index (χ3n) is 3.22. The Balaban J connectivity index is 1.76. The maximum Gasteiger partial charge on any atom is 0.220 e. The number of carbonyl (C=O) groups excluding carboxylic acids is 1. The van der Waals surface area contributed by atoms with E-state index in [0.29, 0.717) is 12.3 Å². The average molecular weight is 252 g/mol. The van der Waals surface area contributed by atoms with Gasteiger partial charge in [0.1, 0.15) is 0 Å². The molecule has 1 aromatic rings. The molecule has 17 heavy (non-hydrogen) atoms. The molecule has 2 rings (SSSR count). The summed E-state index contributed by atoms with van der Waals surface area (Å²) in [4.78, 5) is 13.1. The fourth-order valence-corrected chi connectivity index (χ4v) is 3.00. The third kappa shape index (κ3) is 3.82. The van der Waals surface area contributed by atoms with Crippen LogP contribution in [0.2, 0.25) is 0 Å². The van der Waals surface area contributed by atoms with E-state index < -0.39 is 0 Å². The SMILES string of the molecule is C[C@@H](NC(=O)CC1CCCNC1)c1cccs1. The van der Waals surface area contributed by atoms with Gasteiger partial charge in [-0.3, -0.25) is 4.79 Å². The summed E-state index contributed by atoms with van der Waals surface area (Å²) in [5.74, 6) is 0.693. The van der Waals surface area contributed by atoms with Crippen molar-refractivity contribution in [1.82, 2.24) is 10.6 Å². The van der Waals surface area contributed by atoms with Gasteiger partial charge in [0.2, 0.25) is 5.91 Å². The molecule has 0 spiro atoms. The van der Waals surface area contributed by atoms with E-state index in [0.717, 1.165) is 13.1 Å². The fraction of sp³-hybridized carbons (Fsp3) is 0.615. The fourth-order valence-electron chi connectivity index (χ4n) is 2.27. The van der Waals surface area contributed by atoms with Crippen LogP contribution in [-0.4, -0.2) is 19.0 Å². The van der Waals surface area contributed by atoms with Gasteiger partial charge in [-0.1, -0.05) is 6.07 Å². The summed E-state index contributed by atoms with van der Waals surface area (Å²) in [5.41, 5.74) is 0. The molecule has 1 aliphatic rings. The Bertz CT molecular complexity index is 344. The Morgan fingerprint density at radius 2 is 2.59 bits per heavy atom. The van der Waals surface area contributed by atoms with Crippen LogP contribution >= 0.6 is 11.3 Å². The summed E-state index contributed by atoms with van der Waals surface area (Å²) in [6.07, 6.45) is 3.02. The molecule has 1 aromatic heterocycles. The molecule has 1 aliphatic heterocycles. The van der Waals surface area contributed by atoms with E-state index in [2.05, 4.69) is 16.7 Å². The first-order valence-corrected chi connectivity index (χ1v) is 7.17. The van der Waals surface area contributed by atoms with Gasteiger partial charge in [0.05, 0.1) is 6.04 Å². The van der Waals surface area contributed by atoms with Gasteiger partial charge in [-0.05, 0) is 50.2 Å². The van der Waals surface area contributed by atoms with Crippen LogP contribution in [0.4, 0.5) is 0 Å². The second-order valence-electron chi connectivity index (χ2n) is 4.72. The minimum absolute atomic E-state index is 0.138. The van der Waals surface area contributed by atoms with Crippen molar-refractivity contribution < 1.29 is 4.79 Å². The van der Waals surface area contributed by atoms with Crippen molar-refractivity contribution in [3.63, 3.8) is 0 Å². The van der Waals surface area contributed by atoms with Gasteiger partial charge in [0, 0.05) is 11.3 Å². The van der Waals surface area contributed by atoms with Crippen molar-refractivity contribution in [1.29, 1.82) is 0 Å². The Hall–Kier alpha value is -0.870. The predicted octanol–water partition coefficient (Wildman–Crippen LogP) is 2.32. The van der Waals surface area contributed by atoms with Crippen LogP contribution < -0.4 is 10.6 Å². The smallest absolute Gasteiger partial charge is 0.220 e. The van der Waals surface area contributed by atoms with E-state index in [4.69, 9.17) is 0 Å². The van der Waals surface area contributed by atoms with E-state index in [1.807, 2.05) is 18.4 Å². The standard InChI is InChI=1S/C13H20N2OS/c1-10(12-5-3-7-17-12)15-13(16)8-11-4-2-6-14-9-11/h3,5,7,10-11,14H,2,4,6,8-9H2,1H3,(H,15,16)/t10-,11?/m1/s1. The van der Waals surface area contributed by atoms with Crippen molar-refractivity contribution >= 4 is 17.2 Å². The van der Waals surface area contributed by atoms with Gasteiger partial charge in [-0.15, -0.1) is 11.3 Å². The number of hydrogen-bond acceptors (Lipinski definition) is 3. The van der Waals surface area contributed by atoms with Crippen molar-refractivity contribution in [2.24, 2.45) is 5.92 Å². The van der Waals surface area contributed by atoms with Gasteiger partial charge in [-0.2, -0.15) is 0 Å². The normalized spacial score (nSPS) is 22.1.